The van der Waals surface area contributed by atoms with Crippen LogP contribution >= 0.6 is 0 Å². The number of esters is 1. The molecule has 1 aromatic heterocycles. The molecule has 8 heteroatoms. The van der Waals surface area contributed by atoms with E-state index in [0.717, 1.165) is 9.87 Å². The maximum absolute atomic E-state index is 13.2. The van der Waals surface area contributed by atoms with Crippen molar-refractivity contribution in [2.24, 2.45) is 0 Å². The summed E-state index contributed by atoms with van der Waals surface area (Å²) < 4.78 is 38.0. The van der Waals surface area contributed by atoms with Gasteiger partial charge in [-0.15, -0.1) is 0 Å². The average Bonchev–Trinajstić information content (AvgIpc) is 3.09. The second-order valence-electron chi connectivity index (χ2n) is 6.30. The third kappa shape index (κ3) is 3.47. The number of aryl methyl sites for hydroxylation is 2. The van der Waals surface area contributed by atoms with E-state index in [1.165, 1.54) is 19.2 Å². The van der Waals surface area contributed by atoms with Crippen molar-refractivity contribution < 1.29 is 22.4 Å². The van der Waals surface area contributed by atoms with Crippen LogP contribution in [0.15, 0.2) is 45.7 Å². The summed E-state index contributed by atoms with van der Waals surface area (Å²) in [4.78, 5) is 16.4. The maximum Gasteiger partial charge on any atom is 0.338 e. The fourth-order valence-corrected chi connectivity index (χ4v) is 4.38. The Morgan fingerprint density at radius 2 is 1.93 bits per heavy atom. The van der Waals surface area contributed by atoms with E-state index in [0.29, 0.717) is 23.1 Å². The number of fused-ring (bicyclic) bond motifs is 1. The Bertz CT molecular complexity index is 1130. The van der Waals surface area contributed by atoms with Gasteiger partial charge in [0.15, 0.2) is 5.58 Å². The fourth-order valence-electron chi connectivity index (χ4n) is 2.99. The SMILES string of the molecule is CCc1ccc(S(=O)(=O)N(CC)c2nc3cc(C)ccc3o2)cc1C(=O)OC. The van der Waals surface area contributed by atoms with Crippen molar-refractivity contribution in [3.63, 3.8) is 0 Å². The molecule has 0 atom stereocenters. The van der Waals surface area contributed by atoms with Gasteiger partial charge in [-0.1, -0.05) is 19.1 Å². The smallest absolute Gasteiger partial charge is 0.338 e. The minimum absolute atomic E-state index is 0.0118. The second-order valence-corrected chi connectivity index (χ2v) is 8.16. The van der Waals surface area contributed by atoms with E-state index in [9.17, 15) is 13.2 Å². The number of aromatic nitrogens is 1. The van der Waals surface area contributed by atoms with Gasteiger partial charge in [-0.25, -0.2) is 17.5 Å². The van der Waals surface area contributed by atoms with Gasteiger partial charge in [-0.2, -0.15) is 4.98 Å². The third-order valence-electron chi connectivity index (χ3n) is 4.49. The van der Waals surface area contributed by atoms with E-state index < -0.39 is 16.0 Å². The van der Waals surface area contributed by atoms with Gasteiger partial charge in [-0.3, -0.25) is 0 Å². The number of methoxy groups -OCH3 is 1. The van der Waals surface area contributed by atoms with Crippen LogP contribution in [0.5, 0.6) is 0 Å². The number of sulfonamides is 1. The lowest BCUT2D eigenvalue weighted by Crippen LogP contribution is -2.31. The number of oxazole rings is 1. The van der Waals surface area contributed by atoms with Crippen molar-refractivity contribution >= 4 is 33.1 Å². The number of rotatable bonds is 6. The molecule has 0 saturated heterocycles. The van der Waals surface area contributed by atoms with Gasteiger partial charge < -0.3 is 9.15 Å². The summed E-state index contributed by atoms with van der Waals surface area (Å²) in [6.45, 7) is 5.62. The number of ether oxygens (including phenoxy) is 1. The van der Waals surface area contributed by atoms with Crippen LogP contribution in [0, 0.1) is 6.92 Å². The van der Waals surface area contributed by atoms with Crippen LogP contribution in [0.3, 0.4) is 0 Å². The largest absolute Gasteiger partial charge is 0.465 e. The zero-order valence-electron chi connectivity index (χ0n) is 16.2. The lowest BCUT2D eigenvalue weighted by molar-refractivity contribution is 0.0599. The maximum atomic E-state index is 13.2. The van der Waals surface area contributed by atoms with Crippen molar-refractivity contribution in [3.05, 3.63) is 53.1 Å². The molecule has 0 bridgehead atoms. The molecule has 2 aromatic carbocycles. The highest BCUT2D eigenvalue weighted by molar-refractivity contribution is 7.92. The highest BCUT2D eigenvalue weighted by Crippen LogP contribution is 2.28. The Morgan fingerprint density at radius 3 is 2.57 bits per heavy atom. The molecule has 0 aliphatic heterocycles. The molecule has 0 fully saturated rings. The third-order valence-corrected chi connectivity index (χ3v) is 6.33. The Balaban J connectivity index is 2.09. The molecule has 0 radical (unpaired) electrons. The Labute approximate surface area is 164 Å². The molecule has 3 aromatic rings. The van der Waals surface area contributed by atoms with Crippen molar-refractivity contribution in [2.45, 2.75) is 32.1 Å². The van der Waals surface area contributed by atoms with E-state index in [4.69, 9.17) is 9.15 Å². The Kier molecular flexibility index (Phi) is 5.42. The van der Waals surface area contributed by atoms with Crippen LogP contribution in [0.4, 0.5) is 6.01 Å². The summed E-state index contributed by atoms with van der Waals surface area (Å²) in [5.74, 6) is -0.575. The zero-order chi connectivity index (χ0) is 20.5. The first-order valence-corrected chi connectivity index (χ1v) is 10.4. The van der Waals surface area contributed by atoms with E-state index in [-0.39, 0.29) is 23.0 Å². The first-order valence-electron chi connectivity index (χ1n) is 8.93. The molecule has 0 N–H and O–H groups in total. The predicted octanol–water partition coefficient (Wildman–Crippen LogP) is 3.70. The summed E-state index contributed by atoms with van der Waals surface area (Å²) in [7, 11) is -2.72. The lowest BCUT2D eigenvalue weighted by atomic mass is 10.1. The lowest BCUT2D eigenvalue weighted by Gasteiger charge is -2.19. The molecule has 0 aliphatic rings. The van der Waals surface area contributed by atoms with Crippen LogP contribution < -0.4 is 4.31 Å². The normalized spacial score (nSPS) is 11.6. The number of hydrogen-bond acceptors (Lipinski definition) is 6. The molecule has 1 heterocycles. The monoisotopic (exact) mass is 402 g/mol. The van der Waals surface area contributed by atoms with Crippen LogP contribution in [-0.4, -0.2) is 33.0 Å². The number of anilines is 1. The molecular formula is C20H22N2O5S. The topological polar surface area (TPSA) is 89.7 Å². The van der Waals surface area contributed by atoms with Gasteiger partial charge >= 0.3 is 12.0 Å². The van der Waals surface area contributed by atoms with Crippen molar-refractivity contribution in [3.8, 4) is 0 Å². The van der Waals surface area contributed by atoms with Gasteiger partial charge in [0.2, 0.25) is 0 Å². The summed E-state index contributed by atoms with van der Waals surface area (Å²) in [5, 5.41) is 0. The second kappa shape index (κ2) is 7.63. The summed E-state index contributed by atoms with van der Waals surface area (Å²) >= 11 is 0. The molecule has 0 amide bonds. The van der Waals surface area contributed by atoms with Crippen LogP contribution in [0.1, 0.15) is 35.3 Å². The summed E-state index contributed by atoms with van der Waals surface area (Å²) in [6, 6.07) is 9.89. The number of carbonyl (C=O) groups is 1. The van der Waals surface area contributed by atoms with Crippen molar-refractivity contribution in [2.75, 3.05) is 18.0 Å². The molecule has 28 heavy (non-hydrogen) atoms. The predicted molar refractivity (Wildman–Crippen MR) is 106 cm³/mol. The molecular weight excluding hydrogens is 380 g/mol. The van der Waals surface area contributed by atoms with Crippen molar-refractivity contribution in [1.82, 2.24) is 4.98 Å². The standard InChI is InChI=1S/C20H22N2O5S/c1-5-14-8-9-15(12-16(14)19(23)26-4)28(24,25)22(6-2)20-21-17-11-13(3)7-10-18(17)27-20/h7-12H,5-6H2,1-4H3. The van der Waals surface area contributed by atoms with Crippen LogP contribution in [0.2, 0.25) is 0 Å². The first-order chi connectivity index (χ1) is 13.3. The molecule has 0 unspecified atom stereocenters. The average molecular weight is 402 g/mol. The minimum atomic E-state index is -3.98. The van der Waals surface area contributed by atoms with Crippen molar-refractivity contribution in [1.29, 1.82) is 0 Å². The molecule has 0 spiro atoms. The number of nitrogens with zero attached hydrogens (tertiary/aromatic N) is 2. The van der Waals surface area contributed by atoms with Crippen LogP contribution in [0.25, 0.3) is 11.1 Å². The zero-order valence-corrected chi connectivity index (χ0v) is 17.0. The first kappa shape index (κ1) is 19.9. The van der Waals surface area contributed by atoms with Gasteiger partial charge in [0.25, 0.3) is 10.0 Å². The Hall–Kier alpha value is -2.87. The molecule has 0 saturated carbocycles. The summed E-state index contributed by atoms with van der Waals surface area (Å²) in [6.07, 6.45) is 0.576. The van der Waals surface area contributed by atoms with Gasteiger partial charge in [-0.05, 0) is 55.7 Å². The molecule has 3 rings (SSSR count). The van der Waals surface area contributed by atoms with Gasteiger partial charge in [0.05, 0.1) is 17.6 Å². The Morgan fingerprint density at radius 1 is 1.18 bits per heavy atom. The number of hydrogen-bond donors (Lipinski definition) is 0. The van der Waals surface area contributed by atoms with E-state index in [1.54, 1.807) is 19.1 Å². The minimum Gasteiger partial charge on any atom is -0.465 e. The quantitative estimate of drug-likeness (QED) is 0.584. The van der Waals surface area contributed by atoms with E-state index in [1.807, 2.05) is 26.0 Å². The van der Waals surface area contributed by atoms with Crippen LogP contribution in [-0.2, 0) is 21.2 Å². The number of carbonyl (C=O) groups excluding carboxylic acids is 1. The molecule has 148 valence electrons. The van der Waals surface area contributed by atoms with E-state index in [2.05, 4.69) is 4.98 Å². The highest BCUT2D eigenvalue weighted by Gasteiger charge is 2.29. The summed E-state index contributed by atoms with van der Waals surface area (Å²) in [5.41, 5.74) is 3.03. The van der Waals surface area contributed by atoms with Gasteiger partial charge in [0, 0.05) is 6.54 Å². The highest BCUT2D eigenvalue weighted by atomic mass is 32.2. The molecule has 0 aliphatic carbocycles. The van der Waals surface area contributed by atoms with E-state index >= 15 is 0 Å². The van der Waals surface area contributed by atoms with Gasteiger partial charge in [0.1, 0.15) is 5.52 Å². The number of benzene rings is 2. The fraction of sp³-hybridized carbons (Fsp3) is 0.300. The molecule has 7 nitrogen and oxygen atoms in total.